The molecule has 1 heterocycles. The maximum Gasteiger partial charge on any atom is 0.154 e. The van der Waals surface area contributed by atoms with E-state index in [0.717, 1.165) is 24.8 Å². The lowest BCUT2D eigenvalue weighted by Gasteiger charge is -2.10. The van der Waals surface area contributed by atoms with Crippen molar-refractivity contribution in [2.75, 3.05) is 11.5 Å². The highest BCUT2D eigenvalue weighted by Crippen LogP contribution is 2.30. The van der Waals surface area contributed by atoms with Crippen molar-refractivity contribution in [3.05, 3.63) is 23.8 Å². The lowest BCUT2D eigenvalue weighted by Crippen LogP contribution is -2.05. The molecule has 2 rings (SSSR count). The molecule has 0 bridgehead atoms. The van der Waals surface area contributed by atoms with Crippen LogP contribution in [0.3, 0.4) is 0 Å². The van der Waals surface area contributed by atoms with Crippen molar-refractivity contribution < 1.29 is 8.42 Å². The third-order valence-electron chi connectivity index (χ3n) is 2.73. The predicted molar refractivity (Wildman–Crippen MR) is 53.2 cm³/mol. The largest absolute Gasteiger partial charge is 0.228 e. The molecule has 2 nitrogen and oxygen atoms in total. The SMILES string of the molecule is O=S1(=O)C/C2=C/C/C=C\CCC2C1. The lowest BCUT2D eigenvalue weighted by molar-refractivity contribution is 0.590. The van der Waals surface area contributed by atoms with E-state index in [2.05, 4.69) is 18.2 Å². The average Bonchev–Trinajstić information content (AvgIpc) is 2.27. The average molecular weight is 198 g/mol. The van der Waals surface area contributed by atoms with E-state index in [1.54, 1.807) is 0 Å². The van der Waals surface area contributed by atoms with Crippen molar-refractivity contribution in [1.29, 1.82) is 0 Å². The Hall–Kier alpha value is -0.570. The molecule has 13 heavy (non-hydrogen) atoms. The van der Waals surface area contributed by atoms with Gasteiger partial charge >= 0.3 is 0 Å². The van der Waals surface area contributed by atoms with E-state index in [1.807, 2.05) is 0 Å². The summed E-state index contributed by atoms with van der Waals surface area (Å²) in [7, 11) is -2.76. The van der Waals surface area contributed by atoms with Gasteiger partial charge in [-0.05, 0) is 25.2 Å². The Bertz CT molecular complexity index is 349. The molecule has 0 saturated carbocycles. The quantitative estimate of drug-likeness (QED) is 0.555. The number of fused-ring (bicyclic) bond motifs is 1. The molecule has 0 amide bonds. The third kappa shape index (κ3) is 2.02. The highest BCUT2D eigenvalue weighted by Gasteiger charge is 2.31. The van der Waals surface area contributed by atoms with Crippen LogP contribution < -0.4 is 0 Å². The fourth-order valence-corrected chi connectivity index (χ4v) is 4.04. The van der Waals surface area contributed by atoms with Crippen molar-refractivity contribution in [1.82, 2.24) is 0 Å². The summed E-state index contributed by atoms with van der Waals surface area (Å²) in [5.74, 6) is 1.01. The molecule has 0 aromatic carbocycles. The lowest BCUT2D eigenvalue weighted by atomic mass is 9.94. The predicted octanol–water partition coefficient (Wildman–Crippen LogP) is 1.70. The van der Waals surface area contributed by atoms with Crippen LogP contribution in [-0.2, 0) is 9.84 Å². The molecule has 0 spiro atoms. The number of sulfone groups is 1. The van der Waals surface area contributed by atoms with E-state index in [-0.39, 0.29) is 0 Å². The number of hydrogen-bond donors (Lipinski definition) is 0. The Balaban J connectivity index is 2.24. The zero-order chi connectivity index (χ0) is 9.31. The summed E-state index contributed by atoms with van der Waals surface area (Å²) >= 11 is 0. The van der Waals surface area contributed by atoms with Crippen LogP contribution >= 0.6 is 0 Å². The van der Waals surface area contributed by atoms with E-state index in [1.165, 1.54) is 0 Å². The zero-order valence-corrected chi connectivity index (χ0v) is 8.39. The van der Waals surface area contributed by atoms with Gasteiger partial charge in [-0.2, -0.15) is 0 Å². The minimum Gasteiger partial charge on any atom is -0.228 e. The maximum absolute atomic E-state index is 11.4. The minimum atomic E-state index is -2.76. The summed E-state index contributed by atoms with van der Waals surface area (Å²) in [4.78, 5) is 0. The van der Waals surface area contributed by atoms with Crippen LogP contribution in [0, 0.1) is 5.92 Å². The van der Waals surface area contributed by atoms with Crippen LogP contribution in [0.2, 0.25) is 0 Å². The number of hydrogen-bond acceptors (Lipinski definition) is 2. The van der Waals surface area contributed by atoms with Crippen LogP contribution in [0.25, 0.3) is 0 Å². The molecule has 1 aliphatic carbocycles. The van der Waals surface area contributed by atoms with E-state index < -0.39 is 9.84 Å². The molecule has 0 N–H and O–H groups in total. The molecule has 1 atom stereocenters. The van der Waals surface area contributed by atoms with Gasteiger partial charge in [-0.25, -0.2) is 8.42 Å². The Morgan fingerprint density at radius 1 is 1.31 bits per heavy atom. The van der Waals surface area contributed by atoms with Gasteiger partial charge < -0.3 is 0 Å². The van der Waals surface area contributed by atoms with Crippen LogP contribution in [0.15, 0.2) is 23.8 Å². The molecular weight excluding hydrogens is 184 g/mol. The Kier molecular flexibility index (Phi) is 2.28. The van der Waals surface area contributed by atoms with Crippen molar-refractivity contribution >= 4 is 9.84 Å². The first-order valence-electron chi connectivity index (χ1n) is 4.72. The summed E-state index contributed by atoms with van der Waals surface area (Å²) in [6.07, 6.45) is 9.29. The molecule has 3 heteroatoms. The molecule has 0 radical (unpaired) electrons. The van der Waals surface area contributed by atoms with Gasteiger partial charge in [-0.3, -0.25) is 0 Å². The zero-order valence-electron chi connectivity index (χ0n) is 7.57. The maximum atomic E-state index is 11.4. The van der Waals surface area contributed by atoms with E-state index in [0.29, 0.717) is 17.4 Å². The Morgan fingerprint density at radius 3 is 3.00 bits per heavy atom. The molecule has 2 aliphatic rings. The first-order valence-corrected chi connectivity index (χ1v) is 6.54. The summed E-state index contributed by atoms with van der Waals surface area (Å²) in [6, 6.07) is 0. The summed E-state index contributed by atoms with van der Waals surface area (Å²) < 4.78 is 22.7. The Morgan fingerprint density at radius 2 is 2.15 bits per heavy atom. The highest BCUT2D eigenvalue weighted by molar-refractivity contribution is 7.91. The van der Waals surface area contributed by atoms with E-state index >= 15 is 0 Å². The fraction of sp³-hybridized carbons (Fsp3) is 0.600. The van der Waals surface area contributed by atoms with Crippen molar-refractivity contribution in [2.45, 2.75) is 19.3 Å². The summed E-state index contributed by atoms with van der Waals surface area (Å²) in [5, 5.41) is 0. The molecule has 1 saturated heterocycles. The molecule has 0 aromatic heterocycles. The Labute approximate surface area is 79.3 Å². The molecule has 1 unspecified atom stereocenters. The standard InChI is InChI=1S/C10H14O2S/c11-13(12)7-9-5-3-1-2-4-6-10(9)8-13/h1-2,5,10H,3-4,6-8H2/b2-1-,9-5-. The smallest absolute Gasteiger partial charge is 0.154 e. The molecule has 0 aromatic rings. The topological polar surface area (TPSA) is 34.1 Å². The van der Waals surface area contributed by atoms with Gasteiger partial charge in [-0.1, -0.05) is 23.8 Å². The van der Waals surface area contributed by atoms with Gasteiger partial charge in [0.2, 0.25) is 0 Å². The summed E-state index contributed by atoms with van der Waals surface area (Å²) in [6.45, 7) is 0. The van der Waals surface area contributed by atoms with Crippen molar-refractivity contribution in [3.63, 3.8) is 0 Å². The van der Waals surface area contributed by atoms with Crippen LogP contribution in [0.1, 0.15) is 19.3 Å². The van der Waals surface area contributed by atoms with Gasteiger partial charge in [0, 0.05) is 0 Å². The van der Waals surface area contributed by atoms with Gasteiger partial charge in [0.15, 0.2) is 9.84 Å². The van der Waals surface area contributed by atoms with Crippen LogP contribution in [0.4, 0.5) is 0 Å². The van der Waals surface area contributed by atoms with E-state index in [9.17, 15) is 8.42 Å². The minimum absolute atomic E-state index is 0.311. The van der Waals surface area contributed by atoms with Gasteiger partial charge in [-0.15, -0.1) is 0 Å². The number of allylic oxidation sites excluding steroid dienone is 3. The van der Waals surface area contributed by atoms with Gasteiger partial charge in [0.05, 0.1) is 11.5 Å². The molecule has 1 aliphatic heterocycles. The first-order chi connectivity index (χ1) is 6.17. The normalized spacial score (nSPS) is 38.2. The van der Waals surface area contributed by atoms with Gasteiger partial charge in [0.1, 0.15) is 0 Å². The fourth-order valence-electron chi connectivity index (χ4n) is 2.07. The van der Waals surface area contributed by atoms with Crippen LogP contribution in [0.5, 0.6) is 0 Å². The van der Waals surface area contributed by atoms with Crippen molar-refractivity contribution in [2.24, 2.45) is 5.92 Å². The van der Waals surface area contributed by atoms with Gasteiger partial charge in [0.25, 0.3) is 0 Å². The molecule has 72 valence electrons. The summed E-state index contributed by atoms with van der Waals surface area (Å²) in [5.41, 5.74) is 1.16. The first kappa shape index (κ1) is 9.00. The van der Waals surface area contributed by atoms with Crippen molar-refractivity contribution in [3.8, 4) is 0 Å². The monoisotopic (exact) mass is 198 g/mol. The highest BCUT2D eigenvalue weighted by atomic mass is 32.2. The molecular formula is C10H14O2S. The molecule has 1 fully saturated rings. The number of rotatable bonds is 0. The second kappa shape index (κ2) is 3.29. The second-order valence-electron chi connectivity index (χ2n) is 3.81. The van der Waals surface area contributed by atoms with Crippen LogP contribution in [-0.4, -0.2) is 19.9 Å². The third-order valence-corrected chi connectivity index (χ3v) is 4.41. The van der Waals surface area contributed by atoms with E-state index in [4.69, 9.17) is 0 Å². The second-order valence-corrected chi connectivity index (χ2v) is 5.92.